The molecule has 0 bridgehead atoms. The first-order valence-electron chi connectivity index (χ1n) is 10.8. The third-order valence-electron chi connectivity index (χ3n) is 5.61. The van der Waals surface area contributed by atoms with Crippen LogP contribution in [0.15, 0.2) is 73.1 Å². The summed E-state index contributed by atoms with van der Waals surface area (Å²) < 4.78 is 10.2. The van der Waals surface area contributed by atoms with Crippen molar-refractivity contribution in [2.75, 3.05) is 14.2 Å². The number of hydrogen-bond acceptors (Lipinski definition) is 6. The SMILES string of the molecule is COc1ccc(C(=O)C=CN[C@@H]2CCCC[C@H]2NC=CC(=O)c2ccc(OC)cc2)cc1. The van der Waals surface area contributed by atoms with Gasteiger partial charge in [-0.05, 0) is 61.4 Å². The van der Waals surface area contributed by atoms with Gasteiger partial charge in [0.1, 0.15) is 11.5 Å². The Hall–Kier alpha value is -3.54. The number of carbonyl (C=O) groups is 2. The molecule has 0 amide bonds. The molecule has 3 rings (SSSR count). The van der Waals surface area contributed by atoms with Crippen LogP contribution in [0.3, 0.4) is 0 Å². The highest BCUT2D eigenvalue weighted by atomic mass is 16.5. The first kappa shape index (κ1) is 23.1. The molecule has 0 saturated heterocycles. The molecule has 2 aromatic rings. The van der Waals surface area contributed by atoms with Gasteiger partial charge in [-0.15, -0.1) is 0 Å². The molecule has 0 radical (unpaired) electrons. The van der Waals surface area contributed by atoms with Gasteiger partial charge in [-0.2, -0.15) is 0 Å². The lowest BCUT2D eigenvalue weighted by atomic mass is 9.90. The number of ether oxygens (including phenoxy) is 2. The van der Waals surface area contributed by atoms with Gasteiger partial charge in [0, 0.05) is 47.8 Å². The third-order valence-corrected chi connectivity index (χ3v) is 5.61. The van der Waals surface area contributed by atoms with Gasteiger partial charge in [-0.3, -0.25) is 9.59 Å². The molecule has 0 unspecified atom stereocenters. The Bertz CT molecular complexity index is 869. The smallest absolute Gasteiger partial charge is 0.187 e. The molecule has 2 N–H and O–H groups in total. The van der Waals surface area contributed by atoms with Crippen molar-refractivity contribution in [2.24, 2.45) is 0 Å². The number of ketones is 2. The number of rotatable bonds is 10. The summed E-state index contributed by atoms with van der Waals surface area (Å²) in [5.74, 6) is 1.31. The number of carbonyl (C=O) groups excluding carboxylic acids is 2. The van der Waals surface area contributed by atoms with E-state index >= 15 is 0 Å². The molecular weight excluding hydrogens is 404 g/mol. The van der Waals surface area contributed by atoms with Crippen LogP contribution in [0.5, 0.6) is 11.5 Å². The van der Waals surface area contributed by atoms with E-state index in [4.69, 9.17) is 9.47 Å². The summed E-state index contributed by atoms with van der Waals surface area (Å²) >= 11 is 0. The van der Waals surface area contributed by atoms with E-state index in [9.17, 15) is 9.59 Å². The van der Waals surface area contributed by atoms with Crippen LogP contribution in [0.2, 0.25) is 0 Å². The Kier molecular flexibility index (Phi) is 8.49. The normalized spacial score (nSPS) is 18.4. The second-order valence-electron chi connectivity index (χ2n) is 7.68. The maximum atomic E-state index is 12.3. The van der Waals surface area contributed by atoms with Gasteiger partial charge >= 0.3 is 0 Å². The minimum absolute atomic E-state index is 0.0644. The molecule has 168 valence electrons. The highest BCUT2D eigenvalue weighted by Gasteiger charge is 2.23. The Labute approximate surface area is 189 Å². The molecule has 6 nitrogen and oxygen atoms in total. The van der Waals surface area contributed by atoms with E-state index in [1.165, 1.54) is 0 Å². The second-order valence-corrected chi connectivity index (χ2v) is 7.68. The van der Waals surface area contributed by atoms with Crippen LogP contribution in [0.1, 0.15) is 46.4 Å². The Balaban J connectivity index is 1.52. The highest BCUT2D eigenvalue weighted by molar-refractivity contribution is 6.05. The van der Waals surface area contributed by atoms with Crippen LogP contribution in [0.4, 0.5) is 0 Å². The average molecular weight is 435 g/mol. The molecule has 0 spiro atoms. The highest BCUT2D eigenvalue weighted by Crippen LogP contribution is 2.19. The minimum Gasteiger partial charge on any atom is -0.497 e. The lowest BCUT2D eigenvalue weighted by Gasteiger charge is -2.32. The molecule has 32 heavy (non-hydrogen) atoms. The predicted octanol–water partition coefficient (Wildman–Crippen LogP) is 4.29. The standard InChI is InChI=1S/C26H30N2O4/c1-31-21-11-7-19(8-12-21)25(29)15-17-27-23-5-3-4-6-24(23)28-18-16-26(30)20-9-13-22(32-2)14-10-20/h7-18,23-24,27-28H,3-6H2,1-2H3/t23-,24-/m1/s1. The van der Waals surface area contributed by atoms with Crippen molar-refractivity contribution in [2.45, 2.75) is 37.8 Å². The number of methoxy groups -OCH3 is 2. The van der Waals surface area contributed by atoms with E-state index in [2.05, 4.69) is 10.6 Å². The summed E-state index contributed by atoms with van der Waals surface area (Å²) in [5.41, 5.74) is 1.23. The van der Waals surface area contributed by atoms with Crippen molar-refractivity contribution in [3.05, 3.63) is 84.2 Å². The monoisotopic (exact) mass is 434 g/mol. The quantitative estimate of drug-likeness (QED) is 0.429. The molecule has 1 saturated carbocycles. The second kappa shape index (κ2) is 11.7. The molecule has 1 aliphatic rings. The lowest BCUT2D eigenvalue weighted by Crippen LogP contribution is -2.46. The van der Waals surface area contributed by atoms with Gasteiger partial charge < -0.3 is 20.1 Å². The zero-order chi connectivity index (χ0) is 22.8. The largest absolute Gasteiger partial charge is 0.497 e. The van der Waals surface area contributed by atoms with Gasteiger partial charge in [-0.25, -0.2) is 0 Å². The fraction of sp³-hybridized carbons (Fsp3) is 0.308. The van der Waals surface area contributed by atoms with Crippen molar-refractivity contribution in [1.29, 1.82) is 0 Å². The van der Waals surface area contributed by atoms with Gasteiger partial charge in [-0.1, -0.05) is 12.8 Å². The van der Waals surface area contributed by atoms with Crippen molar-refractivity contribution in [1.82, 2.24) is 10.6 Å². The van der Waals surface area contributed by atoms with Crippen LogP contribution in [0, 0.1) is 0 Å². The molecule has 1 fully saturated rings. The summed E-state index contributed by atoms with van der Waals surface area (Å²) in [7, 11) is 3.19. The fourth-order valence-corrected chi connectivity index (χ4v) is 3.73. The van der Waals surface area contributed by atoms with E-state index in [1.54, 1.807) is 87.3 Å². The minimum atomic E-state index is -0.0644. The Morgan fingerprint density at radius 2 is 1.09 bits per heavy atom. The molecule has 0 aromatic heterocycles. The van der Waals surface area contributed by atoms with E-state index in [-0.39, 0.29) is 23.7 Å². The Morgan fingerprint density at radius 1 is 0.719 bits per heavy atom. The van der Waals surface area contributed by atoms with Crippen LogP contribution >= 0.6 is 0 Å². The van der Waals surface area contributed by atoms with Crippen molar-refractivity contribution in [3.63, 3.8) is 0 Å². The molecule has 0 aliphatic heterocycles. The van der Waals surface area contributed by atoms with E-state index < -0.39 is 0 Å². The van der Waals surface area contributed by atoms with Gasteiger partial charge in [0.25, 0.3) is 0 Å². The first-order chi connectivity index (χ1) is 15.6. The van der Waals surface area contributed by atoms with Crippen LogP contribution < -0.4 is 20.1 Å². The zero-order valence-electron chi connectivity index (χ0n) is 18.5. The molecule has 1 aliphatic carbocycles. The number of benzene rings is 2. The van der Waals surface area contributed by atoms with E-state index in [0.717, 1.165) is 37.2 Å². The van der Waals surface area contributed by atoms with Gasteiger partial charge in [0.05, 0.1) is 14.2 Å². The van der Waals surface area contributed by atoms with Crippen molar-refractivity contribution >= 4 is 11.6 Å². The lowest BCUT2D eigenvalue weighted by molar-refractivity contribution is 0.103. The summed E-state index contributed by atoms with van der Waals surface area (Å²) in [4.78, 5) is 24.7. The Morgan fingerprint density at radius 3 is 1.44 bits per heavy atom. The van der Waals surface area contributed by atoms with Crippen LogP contribution in [0.25, 0.3) is 0 Å². The molecular formula is C26H30N2O4. The first-order valence-corrected chi connectivity index (χ1v) is 10.8. The van der Waals surface area contributed by atoms with Crippen molar-refractivity contribution < 1.29 is 19.1 Å². The summed E-state index contributed by atoms with van der Waals surface area (Å²) in [6, 6.07) is 14.5. The topological polar surface area (TPSA) is 76.7 Å². The molecule has 2 aromatic carbocycles. The van der Waals surface area contributed by atoms with Gasteiger partial charge in [0.15, 0.2) is 11.6 Å². The van der Waals surface area contributed by atoms with Gasteiger partial charge in [0.2, 0.25) is 0 Å². The molecule has 6 heteroatoms. The van der Waals surface area contributed by atoms with Crippen molar-refractivity contribution in [3.8, 4) is 11.5 Å². The molecule has 2 atom stereocenters. The summed E-state index contributed by atoms with van der Waals surface area (Å²) in [6.45, 7) is 0. The third kappa shape index (κ3) is 6.48. The number of nitrogens with one attached hydrogen (secondary N) is 2. The predicted molar refractivity (Wildman–Crippen MR) is 125 cm³/mol. The number of allylic oxidation sites excluding steroid dienone is 2. The van der Waals surface area contributed by atoms with Crippen LogP contribution in [-0.4, -0.2) is 37.9 Å². The number of hydrogen-bond donors (Lipinski definition) is 2. The maximum Gasteiger partial charge on any atom is 0.187 e. The summed E-state index contributed by atoms with van der Waals surface area (Å²) in [5, 5.41) is 6.71. The van der Waals surface area contributed by atoms with Crippen LogP contribution in [-0.2, 0) is 0 Å². The zero-order valence-corrected chi connectivity index (χ0v) is 18.5. The average Bonchev–Trinajstić information content (AvgIpc) is 2.85. The summed E-state index contributed by atoms with van der Waals surface area (Å²) in [6.07, 6.45) is 10.8. The fourth-order valence-electron chi connectivity index (χ4n) is 3.73. The molecule has 0 heterocycles. The van der Waals surface area contributed by atoms with E-state index in [1.807, 2.05) is 0 Å². The van der Waals surface area contributed by atoms with E-state index in [0.29, 0.717) is 11.1 Å². The maximum absolute atomic E-state index is 12.3.